The molecule has 0 bridgehead atoms. The first-order valence-electron chi connectivity index (χ1n) is 5.16. The highest BCUT2D eigenvalue weighted by atomic mass is 35.5. The Morgan fingerprint density at radius 1 is 1.50 bits per heavy atom. The van der Waals surface area contributed by atoms with Gasteiger partial charge in [0.25, 0.3) is 0 Å². The highest BCUT2D eigenvalue weighted by Crippen LogP contribution is 2.19. The third-order valence-electron chi connectivity index (χ3n) is 2.01. The van der Waals surface area contributed by atoms with Crippen LogP contribution in [0.2, 0.25) is 5.02 Å². The minimum atomic E-state index is -0.154. The van der Waals surface area contributed by atoms with Gasteiger partial charge in [0.1, 0.15) is 6.61 Å². The zero-order chi connectivity index (χ0) is 12.1. The number of carbonyl (C=O) groups is 1. The third kappa shape index (κ3) is 4.21. The van der Waals surface area contributed by atoms with Crippen molar-refractivity contribution in [3.05, 3.63) is 28.8 Å². The average molecular weight is 242 g/mol. The Hall–Kier alpha value is -1.06. The smallest absolute Gasteiger partial charge is 0.250 e. The molecule has 0 unspecified atom stereocenters. The highest BCUT2D eigenvalue weighted by molar-refractivity contribution is 6.30. The molecule has 0 aliphatic heterocycles. The summed E-state index contributed by atoms with van der Waals surface area (Å²) >= 11 is 5.82. The van der Waals surface area contributed by atoms with E-state index in [1.165, 1.54) is 0 Å². The summed E-state index contributed by atoms with van der Waals surface area (Å²) in [6.45, 7) is 5.74. The fraction of sp³-hybridized carbons (Fsp3) is 0.417. The maximum atomic E-state index is 11.5. The second-order valence-electron chi connectivity index (χ2n) is 3.87. The molecule has 1 aromatic carbocycles. The second kappa shape index (κ2) is 5.87. The maximum absolute atomic E-state index is 11.5. The molecule has 1 N–H and O–H groups in total. The van der Waals surface area contributed by atoms with E-state index in [0.717, 1.165) is 11.3 Å². The van der Waals surface area contributed by atoms with Crippen LogP contribution in [0.1, 0.15) is 19.4 Å². The summed E-state index contributed by atoms with van der Waals surface area (Å²) in [5.41, 5.74) is 1.70. The zero-order valence-electron chi connectivity index (χ0n) is 9.71. The van der Waals surface area contributed by atoms with Gasteiger partial charge in [-0.05, 0) is 44.5 Å². The Morgan fingerprint density at radius 2 is 2.19 bits per heavy atom. The standard InChI is InChI=1S/C12H16ClNO2/c1-8(2)16-7-12(15)14-11-5-4-10(13)6-9(11)3/h4-6,8H,7H2,1-3H3,(H,14,15). The van der Waals surface area contributed by atoms with Gasteiger partial charge >= 0.3 is 0 Å². The SMILES string of the molecule is Cc1cc(Cl)ccc1NC(=O)COC(C)C. The molecule has 0 spiro atoms. The lowest BCUT2D eigenvalue weighted by Crippen LogP contribution is -2.21. The Morgan fingerprint density at radius 3 is 2.75 bits per heavy atom. The molecule has 1 rings (SSSR count). The van der Waals surface area contributed by atoms with E-state index in [2.05, 4.69) is 5.32 Å². The summed E-state index contributed by atoms with van der Waals surface area (Å²) in [4.78, 5) is 11.5. The molecule has 0 heterocycles. The van der Waals surface area contributed by atoms with Crippen LogP contribution in [0.5, 0.6) is 0 Å². The third-order valence-corrected chi connectivity index (χ3v) is 2.25. The minimum absolute atomic E-state index is 0.0528. The van der Waals surface area contributed by atoms with Crippen molar-refractivity contribution >= 4 is 23.2 Å². The molecular weight excluding hydrogens is 226 g/mol. The number of nitrogens with one attached hydrogen (secondary N) is 1. The first-order valence-corrected chi connectivity index (χ1v) is 5.54. The zero-order valence-corrected chi connectivity index (χ0v) is 10.5. The van der Waals surface area contributed by atoms with Gasteiger partial charge in [-0.2, -0.15) is 0 Å². The van der Waals surface area contributed by atoms with Crippen LogP contribution < -0.4 is 5.32 Å². The molecule has 0 saturated heterocycles. The summed E-state index contributed by atoms with van der Waals surface area (Å²) in [6.07, 6.45) is 0.0528. The number of benzene rings is 1. The number of hydrogen-bond donors (Lipinski definition) is 1. The van der Waals surface area contributed by atoms with Crippen molar-refractivity contribution in [1.82, 2.24) is 0 Å². The Labute approximate surface area is 101 Å². The second-order valence-corrected chi connectivity index (χ2v) is 4.30. The van der Waals surface area contributed by atoms with Gasteiger partial charge in [-0.15, -0.1) is 0 Å². The number of ether oxygens (including phenoxy) is 1. The topological polar surface area (TPSA) is 38.3 Å². The number of hydrogen-bond acceptors (Lipinski definition) is 2. The summed E-state index contributed by atoms with van der Waals surface area (Å²) in [7, 11) is 0. The summed E-state index contributed by atoms with van der Waals surface area (Å²) < 4.78 is 5.20. The van der Waals surface area contributed by atoms with Gasteiger partial charge in [0, 0.05) is 10.7 Å². The Balaban J connectivity index is 2.56. The minimum Gasteiger partial charge on any atom is -0.369 e. The molecule has 3 nitrogen and oxygen atoms in total. The van der Waals surface area contributed by atoms with Crippen LogP contribution in [0.4, 0.5) is 5.69 Å². The number of halogens is 1. The van der Waals surface area contributed by atoms with Gasteiger partial charge in [0.2, 0.25) is 5.91 Å². The van der Waals surface area contributed by atoms with Crippen LogP contribution in [0.3, 0.4) is 0 Å². The quantitative estimate of drug-likeness (QED) is 0.880. The molecule has 0 atom stereocenters. The Bertz CT molecular complexity index is 377. The molecule has 1 amide bonds. The molecular formula is C12H16ClNO2. The van der Waals surface area contributed by atoms with Crippen LogP contribution in [-0.2, 0) is 9.53 Å². The Kier molecular flexibility index (Phi) is 4.77. The molecule has 0 aliphatic carbocycles. The summed E-state index contributed by atoms with van der Waals surface area (Å²) in [5, 5.41) is 3.43. The molecule has 0 aromatic heterocycles. The monoisotopic (exact) mass is 241 g/mol. The van der Waals surface area contributed by atoms with Crippen LogP contribution in [0.25, 0.3) is 0 Å². The van der Waals surface area contributed by atoms with Crippen molar-refractivity contribution in [2.75, 3.05) is 11.9 Å². The fourth-order valence-corrected chi connectivity index (χ4v) is 1.42. The number of anilines is 1. The lowest BCUT2D eigenvalue weighted by Gasteiger charge is -2.10. The van der Waals surface area contributed by atoms with E-state index in [-0.39, 0.29) is 18.6 Å². The summed E-state index contributed by atoms with van der Waals surface area (Å²) in [5.74, 6) is -0.154. The number of aryl methyl sites for hydroxylation is 1. The predicted octanol–water partition coefficient (Wildman–Crippen LogP) is 3.01. The highest BCUT2D eigenvalue weighted by Gasteiger charge is 2.06. The van der Waals surface area contributed by atoms with Crippen molar-refractivity contribution in [2.24, 2.45) is 0 Å². The summed E-state index contributed by atoms with van der Waals surface area (Å²) in [6, 6.07) is 5.33. The van der Waals surface area contributed by atoms with Crippen molar-refractivity contribution in [3.8, 4) is 0 Å². The van der Waals surface area contributed by atoms with Gasteiger partial charge in [0.05, 0.1) is 6.10 Å². The predicted molar refractivity (Wildman–Crippen MR) is 65.9 cm³/mol. The van der Waals surface area contributed by atoms with Gasteiger partial charge in [0.15, 0.2) is 0 Å². The molecule has 16 heavy (non-hydrogen) atoms. The van der Waals surface area contributed by atoms with Gasteiger partial charge in [-0.1, -0.05) is 11.6 Å². The van der Waals surface area contributed by atoms with E-state index in [1.54, 1.807) is 18.2 Å². The average Bonchev–Trinajstić information content (AvgIpc) is 2.19. The van der Waals surface area contributed by atoms with Crippen LogP contribution >= 0.6 is 11.6 Å². The van der Waals surface area contributed by atoms with Crippen LogP contribution in [-0.4, -0.2) is 18.6 Å². The fourth-order valence-electron chi connectivity index (χ4n) is 1.20. The van der Waals surface area contributed by atoms with E-state index in [1.807, 2.05) is 20.8 Å². The normalized spacial score (nSPS) is 10.6. The first-order chi connectivity index (χ1) is 7.49. The lowest BCUT2D eigenvalue weighted by molar-refractivity contribution is -0.121. The van der Waals surface area contributed by atoms with Gasteiger partial charge in [-0.25, -0.2) is 0 Å². The van der Waals surface area contributed by atoms with E-state index < -0.39 is 0 Å². The van der Waals surface area contributed by atoms with Crippen molar-refractivity contribution in [2.45, 2.75) is 26.9 Å². The first kappa shape index (κ1) is 13.0. The van der Waals surface area contributed by atoms with Crippen LogP contribution in [0.15, 0.2) is 18.2 Å². The van der Waals surface area contributed by atoms with Crippen molar-refractivity contribution < 1.29 is 9.53 Å². The number of rotatable bonds is 4. The van der Waals surface area contributed by atoms with E-state index in [4.69, 9.17) is 16.3 Å². The van der Waals surface area contributed by atoms with Gasteiger partial charge in [-0.3, -0.25) is 4.79 Å². The molecule has 0 fully saturated rings. The van der Waals surface area contributed by atoms with E-state index >= 15 is 0 Å². The maximum Gasteiger partial charge on any atom is 0.250 e. The molecule has 0 radical (unpaired) electrons. The molecule has 0 saturated carbocycles. The number of amides is 1. The molecule has 0 aliphatic rings. The van der Waals surface area contributed by atoms with E-state index in [0.29, 0.717) is 5.02 Å². The van der Waals surface area contributed by atoms with Crippen molar-refractivity contribution in [3.63, 3.8) is 0 Å². The lowest BCUT2D eigenvalue weighted by atomic mass is 10.2. The molecule has 1 aromatic rings. The van der Waals surface area contributed by atoms with Gasteiger partial charge < -0.3 is 10.1 Å². The molecule has 88 valence electrons. The van der Waals surface area contributed by atoms with Crippen molar-refractivity contribution in [1.29, 1.82) is 0 Å². The largest absolute Gasteiger partial charge is 0.369 e. The number of carbonyl (C=O) groups excluding carboxylic acids is 1. The molecule has 4 heteroatoms. The van der Waals surface area contributed by atoms with E-state index in [9.17, 15) is 4.79 Å². The van der Waals surface area contributed by atoms with Crippen LogP contribution in [0, 0.1) is 6.92 Å².